The number of rotatable bonds is 31. The van der Waals surface area contributed by atoms with Gasteiger partial charge in [-0.05, 0) is 122 Å². The van der Waals surface area contributed by atoms with Gasteiger partial charge in [0.1, 0.15) is 5.78 Å². The van der Waals surface area contributed by atoms with E-state index in [1.165, 1.54) is 0 Å². The molecule has 2 aliphatic rings. The summed E-state index contributed by atoms with van der Waals surface area (Å²) in [5.41, 5.74) is 6.42. The fraction of sp³-hybridized carbons (Fsp3) is 0.491. The van der Waals surface area contributed by atoms with Crippen molar-refractivity contribution in [3.05, 3.63) is 133 Å². The Balaban J connectivity index is 0.715. The van der Waals surface area contributed by atoms with Gasteiger partial charge in [-0.3, -0.25) is 4.79 Å². The molecule has 3 N–H and O–H groups in total. The van der Waals surface area contributed by atoms with Gasteiger partial charge in [0, 0.05) is 93.7 Å². The summed E-state index contributed by atoms with van der Waals surface area (Å²) < 4.78 is 77.8. The number of sulfone groups is 1. The Morgan fingerprint density at radius 1 is 0.671 bits per heavy atom. The number of urea groups is 1. The molecule has 0 saturated heterocycles. The van der Waals surface area contributed by atoms with Crippen molar-refractivity contribution in [3.8, 4) is 6.07 Å². The van der Waals surface area contributed by atoms with Gasteiger partial charge in [-0.1, -0.05) is 53.9 Å². The summed E-state index contributed by atoms with van der Waals surface area (Å²) in [6.45, 7) is 13.3. The van der Waals surface area contributed by atoms with E-state index in [4.69, 9.17) is 48.7 Å². The molecule has 4 aromatic carbocycles. The summed E-state index contributed by atoms with van der Waals surface area (Å²) in [5, 5.41) is 16.2. The van der Waals surface area contributed by atoms with Gasteiger partial charge >= 0.3 is 6.03 Å². The van der Waals surface area contributed by atoms with E-state index in [-0.39, 0.29) is 72.2 Å². The summed E-state index contributed by atoms with van der Waals surface area (Å²) in [6.07, 6.45) is 4.06. The summed E-state index contributed by atoms with van der Waals surface area (Å²) in [4.78, 5) is 32.8. The van der Waals surface area contributed by atoms with Crippen molar-refractivity contribution in [3.63, 3.8) is 0 Å². The number of amides is 2. The topological polar surface area (TPSA) is 210 Å². The fourth-order valence-corrected chi connectivity index (χ4v) is 12.3. The Bertz CT molecular complexity index is 2720. The highest BCUT2D eigenvalue weighted by atomic mass is 35.5. The maximum absolute atomic E-state index is 13.3. The van der Waals surface area contributed by atoms with Crippen LogP contribution in [0.4, 0.5) is 10.5 Å². The van der Waals surface area contributed by atoms with E-state index in [0.29, 0.717) is 113 Å². The molecule has 2 atom stereocenters. The third-order valence-electron chi connectivity index (χ3n) is 13.2. The van der Waals surface area contributed by atoms with Crippen molar-refractivity contribution < 1.29 is 45.4 Å². The molecule has 0 bridgehead atoms. The van der Waals surface area contributed by atoms with Crippen molar-refractivity contribution in [1.29, 1.82) is 5.26 Å². The highest BCUT2D eigenvalue weighted by Crippen LogP contribution is 2.41. The molecular formula is C55H69Cl2N7O10S2. The number of nitriles is 1. The van der Waals surface area contributed by atoms with Gasteiger partial charge in [-0.2, -0.15) is 5.26 Å². The van der Waals surface area contributed by atoms with Crippen LogP contribution in [0.15, 0.2) is 82.6 Å². The van der Waals surface area contributed by atoms with Crippen LogP contribution < -0.4 is 15.4 Å². The highest BCUT2D eigenvalue weighted by Gasteiger charge is 2.30. The van der Waals surface area contributed by atoms with E-state index in [0.717, 1.165) is 52.6 Å². The lowest BCUT2D eigenvalue weighted by atomic mass is 9.83. The van der Waals surface area contributed by atoms with Crippen LogP contribution in [0.3, 0.4) is 0 Å². The van der Waals surface area contributed by atoms with Gasteiger partial charge in [-0.15, -0.1) is 0 Å². The second-order valence-electron chi connectivity index (χ2n) is 19.0. The predicted octanol–water partition coefficient (Wildman–Crippen LogP) is 7.99. The number of carbonyl (C=O) groups excluding carboxylic acids is 2. The lowest BCUT2D eigenvalue weighted by molar-refractivity contribution is -0.119. The zero-order valence-electron chi connectivity index (χ0n) is 43.3. The number of sulfonamides is 1. The molecule has 0 fully saturated rings. The number of hydrogen-bond donors (Lipinski definition) is 3. The van der Waals surface area contributed by atoms with Crippen LogP contribution in [-0.2, 0) is 56.7 Å². The zero-order valence-corrected chi connectivity index (χ0v) is 46.4. The van der Waals surface area contributed by atoms with Crippen molar-refractivity contribution in [2.24, 2.45) is 0 Å². The lowest BCUT2D eigenvalue weighted by Gasteiger charge is -2.33. The molecule has 21 heteroatoms. The van der Waals surface area contributed by atoms with Crippen molar-refractivity contribution in [2.75, 3.05) is 105 Å². The molecule has 0 saturated carbocycles. The number of carbonyl (C=O) groups is 2. The zero-order chi connectivity index (χ0) is 54.5. The van der Waals surface area contributed by atoms with E-state index in [2.05, 4.69) is 36.1 Å². The number of fused-ring (bicyclic) bond motifs is 2. The lowest BCUT2D eigenvalue weighted by Crippen LogP contribution is -2.37. The largest absolute Gasteiger partial charge is 0.379 e. The second kappa shape index (κ2) is 30.2. The quantitative estimate of drug-likeness (QED) is 0.0323. The Kier molecular flexibility index (Phi) is 24.0. The molecule has 2 heterocycles. The van der Waals surface area contributed by atoms with E-state index in [1.54, 1.807) is 48.5 Å². The number of ketones is 1. The Morgan fingerprint density at radius 2 is 1.22 bits per heavy atom. The smallest absolute Gasteiger partial charge is 0.314 e. The maximum atomic E-state index is 13.3. The molecular weight excluding hydrogens is 1050 g/mol. The van der Waals surface area contributed by atoms with Gasteiger partial charge < -0.3 is 39.4 Å². The average Bonchev–Trinajstić information content (AvgIpc) is 3.43. The minimum absolute atomic E-state index is 0.0715. The first kappa shape index (κ1) is 60.2. The van der Waals surface area contributed by atoms with Gasteiger partial charge in [0.2, 0.25) is 10.0 Å². The first-order chi connectivity index (χ1) is 36.6. The van der Waals surface area contributed by atoms with E-state index in [9.17, 15) is 31.7 Å². The molecule has 0 spiro atoms. The number of Topliss-reactive ketones (excluding diaryl/α,β-unsaturated/α-hetero) is 1. The summed E-state index contributed by atoms with van der Waals surface area (Å²) in [6, 6.07) is 22.9. The minimum atomic E-state index is -3.81. The Hall–Kier alpha value is -5.00. The van der Waals surface area contributed by atoms with Gasteiger partial charge in [0.05, 0.1) is 73.4 Å². The maximum Gasteiger partial charge on any atom is 0.314 e. The van der Waals surface area contributed by atoms with Gasteiger partial charge in [0.15, 0.2) is 15.5 Å². The summed E-state index contributed by atoms with van der Waals surface area (Å²) in [7, 11) is -3.43. The molecule has 410 valence electrons. The number of nitrogens with one attached hydrogen (secondary N) is 3. The van der Waals surface area contributed by atoms with Gasteiger partial charge in [0.25, 0.3) is 0 Å². The van der Waals surface area contributed by atoms with Crippen LogP contribution >= 0.6 is 23.2 Å². The molecule has 0 aliphatic carbocycles. The van der Waals surface area contributed by atoms with E-state index < -0.39 is 19.9 Å². The molecule has 76 heavy (non-hydrogen) atoms. The second-order valence-corrected chi connectivity index (χ2v) is 23.8. The Labute approximate surface area is 458 Å². The highest BCUT2D eigenvalue weighted by molar-refractivity contribution is 7.91. The number of ether oxygens (including phenoxy) is 4. The van der Waals surface area contributed by atoms with Crippen LogP contribution in [-0.4, -0.2) is 144 Å². The molecule has 2 aliphatic heterocycles. The third kappa shape index (κ3) is 18.3. The van der Waals surface area contributed by atoms with Gasteiger partial charge in [-0.25, -0.2) is 31.2 Å². The number of unbranched alkanes of at least 4 members (excludes halogenated alkanes) is 2. The van der Waals surface area contributed by atoms with E-state index in [1.807, 2.05) is 38.4 Å². The first-order valence-electron chi connectivity index (χ1n) is 25.6. The molecule has 4 aromatic rings. The number of halogens is 2. The SMILES string of the molecule is [C-]#[N+]c1cc(Cl)cc2c1CN(C)CC2c1cccc(S(=O)(=O)NCCOCCOCCCC(=O)CCCCCNC(=O)NCCOCCOCCCS(=O)(=O)c2cccc(C3CN(C)Cc4c(C#N)cc(Cl)cc43)c2)c1. The molecule has 2 amide bonds. The molecule has 2 unspecified atom stereocenters. The minimum Gasteiger partial charge on any atom is -0.379 e. The van der Waals surface area contributed by atoms with Crippen molar-refractivity contribution >= 4 is 60.6 Å². The monoisotopic (exact) mass is 1120 g/mol. The average molecular weight is 1120 g/mol. The van der Waals surface area contributed by atoms with Crippen LogP contribution in [0.2, 0.25) is 10.0 Å². The standard InChI is InChI=1S/C55H69Cl2N7O10S2/c1-59-54-34-44(57)33-49-51(37-64(3)39-53(49)54)41-12-8-16-47(31-41)76(69,70)62-19-23-74-27-24-71-20-9-14-45(65)13-5-4-6-17-60-55(66)61-18-22-73-26-25-72-21-10-28-75(67,68)46-15-7-11-40(30-46)50-36-63(2)38-52-42(35-58)29-43(56)32-48(50)52/h7-8,11-12,15-16,29-34,50-51,62H,4-6,9-10,13-14,17-28,36-39H2,2-3H3,(H2,60,61,66). The predicted molar refractivity (Wildman–Crippen MR) is 292 cm³/mol. The van der Waals surface area contributed by atoms with Crippen molar-refractivity contribution in [1.82, 2.24) is 25.2 Å². The number of benzene rings is 4. The number of hydrogen-bond acceptors (Lipinski definition) is 13. The van der Waals surface area contributed by atoms with E-state index >= 15 is 0 Å². The van der Waals surface area contributed by atoms with Crippen LogP contribution in [0, 0.1) is 17.9 Å². The molecule has 6 rings (SSSR count). The summed E-state index contributed by atoms with van der Waals surface area (Å²) >= 11 is 12.7. The molecule has 0 aromatic heterocycles. The fourth-order valence-electron chi connectivity index (χ4n) is 9.42. The first-order valence-corrected chi connectivity index (χ1v) is 29.5. The van der Waals surface area contributed by atoms with Crippen LogP contribution in [0.5, 0.6) is 0 Å². The van der Waals surface area contributed by atoms with Crippen LogP contribution in [0.25, 0.3) is 4.85 Å². The third-order valence-corrected chi connectivity index (χ3v) is 16.9. The number of nitrogens with zero attached hydrogens (tertiary/aromatic N) is 4. The van der Waals surface area contributed by atoms with Crippen LogP contribution in [0.1, 0.15) is 95.7 Å². The number of likely N-dealkylation sites (N-methyl/N-ethyl adjacent to an activating group) is 2. The Morgan fingerprint density at radius 3 is 1.88 bits per heavy atom. The normalized spacial score (nSPS) is 15.8. The molecule has 0 radical (unpaired) electrons. The summed E-state index contributed by atoms with van der Waals surface area (Å²) in [5.74, 6) is -0.186. The molecule has 17 nitrogen and oxygen atoms in total. The van der Waals surface area contributed by atoms with Crippen molar-refractivity contribution in [2.45, 2.75) is 79.7 Å².